The van der Waals surface area contributed by atoms with Gasteiger partial charge in [-0.1, -0.05) is 6.92 Å². The van der Waals surface area contributed by atoms with Gasteiger partial charge in [-0.25, -0.2) is 4.98 Å². The molecule has 4 nitrogen and oxygen atoms in total. The van der Waals surface area contributed by atoms with Crippen molar-refractivity contribution in [3.63, 3.8) is 0 Å². The van der Waals surface area contributed by atoms with Gasteiger partial charge in [-0.05, 0) is 55.6 Å². The summed E-state index contributed by atoms with van der Waals surface area (Å²) in [5.74, 6) is 0.618. The number of hydrogen-bond donors (Lipinski definition) is 2. The molecule has 2 rings (SSSR count). The van der Waals surface area contributed by atoms with Gasteiger partial charge in [0, 0.05) is 30.2 Å². The highest BCUT2D eigenvalue weighted by Gasteiger charge is 2.17. The second-order valence-electron chi connectivity index (χ2n) is 4.99. The Kier molecular flexibility index (Phi) is 5.07. The maximum Gasteiger partial charge on any atom is 0.128 e. The van der Waals surface area contributed by atoms with E-state index < -0.39 is 0 Å². The molecule has 1 unspecified atom stereocenters. The number of rotatable bonds is 6. The molecule has 0 aliphatic carbocycles. The number of anilines is 1. The first-order valence-corrected chi connectivity index (χ1v) is 7.05. The molecule has 2 heterocycles. The van der Waals surface area contributed by atoms with E-state index in [9.17, 15) is 0 Å². The summed E-state index contributed by atoms with van der Waals surface area (Å²) in [5.41, 5.74) is 9.62. The van der Waals surface area contributed by atoms with Crippen molar-refractivity contribution in [2.75, 3.05) is 12.3 Å². The van der Waals surface area contributed by atoms with Gasteiger partial charge in [-0.15, -0.1) is 0 Å². The molecule has 20 heavy (non-hydrogen) atoms. The second-order valence-corrected chi connectivity index (χ2v) is 4.99. The molecule has 0 bridgehead atoms. The minimum absolute atomic E-state index is 0.186. The van der Waals surface area contributed by atoms with Crippen LogP contribution in [0.5, 0.6) is 0 Å². The Morgan fingerprint density at radius 3 is 2.60 bits per heavy atom. The normalized spacial score (nSPS) is 12.3. The Morgan fingerprint density at radius 2 is 1.95 bits per heavy atom. The quantitative estimate of drug-likeness (QED) is 0.847. The summed E-state index contributed by atoms with van der Waals surface area (Å²) in [4.78, 5) is 8.30. The average molecular weight is 270 g/mol. The van der Waals surface area contributed by atoms with Crippen LogP contribution in [0.25, 0.3) is 0 Å². The van der Waals surface area contributed by atoms with Crippen molar-refractivity contribution >= 4 is 5.82 Å². The number of nitrogen functional groups attached to an aromatic ring is 1. The lowest BCUT2D eigenvalue weighted by molar-refractivity contribution is 0.527. The van der Waals surface area contributed by atoms with Crippen molar-refractivity contribution in [3.05, 3.63) is 53.5 Å². The van der Waals surface area contributed by atoms with Crippen molar-refractivity contribution in [3.8, 4) is 0 Å². The van der Waals surface area contributed by atoms with Crippen LogP contribution in [0.15, 0.2) is 36.8 Å². The van der Waals surface area contributed by atoms with Gasteiger partial charge in [-0.3, -0.25) is 4.98 Å². The van der Waals surface area contributed by atoms with E-state index in [-0.39, 0.29) is 6.04 Å². The van der Waals surface area contributed by atoms with E-state index in [1.165, 1.54) is 11.1 Å². The zero-order valence-corrected chi connectivity index (χ0v) is 12.1. The summed E-state index contributed by atoms with van der Waals surface area (Å²) in [5, 5.41) is 3.58. The Balaban J connectivity index is 2.27. The molecule has 2 aromatic heterocycles. The van der Waals surface area contributed by atoms with Crippen LogP contribution in [0.3, 0.4) is 0 Å². The average Bonchev–Trinajstić information content (AvgIpc) is 2.45. The summed E-state index contributed by atoms with van der Waals surface area (Å²) in [6, 6.07) is 6.29. The third-order valence-corrected chi connectivity index (χ3v) is 3.42. The number of nitrogens with one attached hydrogen (secondary N) is 1. The molecular weight excluding hydrogens is 248 g/mol. The monoisotopic (exact) mass is 270 g/mol. The van der Waals surface area contributed by atoms with E-state index in [1.807, 2.05) is 30.6 Å². The summed E-state index contributed by atoms with van der Waals surface area (Å²) >= 11 is 0. The van der Waals surface area contributed by atoms with Gasteiger partial charge in [0.15, 0.2) is 0 Å². The molecule has 0 radical (unpaired) electrons. The van der Waals surface area contributed by atoms with Crippen molar-refractivity contribution in [1.82, 2.24) is 15.3 Å². The van der Waals surface area contributed by atoms with Gasteiger partial charge in [-0.2, -0.15) is 0 Å². The summed E-state index contributed by atoms with van der Waals surface area (Å²) < 4.78 is 0. The highest BCUT2D eigenvalue weighted by atomic mass is 14.9. The molecule has 0 amide bonds. The first-order chi connectivity index (χ1) is 9.72. The van der Waals surface area contributed by atoms with E-state index in [0.717, 1.165) is 24.9 Å². The molecule has 0 saturated carbocycles. The molecule has 3 N–H and O–H groups in total. The molecule has 1 atom stereocenters. The third kappa shape index (κ3) is 3.54. The lowest BCUT2D eigenvalue weighted by atomic mass is 9.96. The van der Waals surface area contributed by atoms with Gasteiger partial charge in [0.1, 0.15) is 5.82 Å². The number of nitrogens with two attached hydrogens (primary N) is 1. The Hall–Kier alpha value is -1.94. The summed E-state index contributed by atoms with van der Waals surface area (Å²) in [6.45, 7) is 5.21. The van der Waals surface area contributed by atoms with Crippen LogP contribution in [0.2, 0.25) is 0 Å². The SMILES string of the molecule is CCCNC(Cc1ccncc1)c1c(C)ccnc1N. The molecule has 0 aliphatic heterocycles. The molecule has 4 heteroatoms. The predicted octanol–water partition coefficient (Wildman–Crippen LogP) is 2.65. The molecule has 0 aromatic carbocycles. The third-order valence-electron chi connectivity index (χ3n) is 3.42. The van der Waals surface area contributed by atoms with Crippen molar-refractivity contribution < 1.29 is 0 Å². The number of pyridine rings is 2. The van der Waals surface area contributed by atoms with E-state index in [2.05, 4.69) is 29.1 Å². The fourth-order valence-corrected chi connectivity index (χ4v) is 2.39. The van der Waals surface area contributed by atoms with Gasteiger partial charge in [0.05, 0.1) is 0 Å². The molecule has 0 spiro atoms. The Labute approximate surface area is 120 Å². The van der Waals surface area contributed by atoms with E-state index >= 15 is 0 Å². The van der Waals surface area contributed by atoms with E-state index in [1.54, 1.807) is 6.20 Å². The van der Waals surface area contributed by atoms with Crippen LogP contribution < -0.4 is 11.1 Å². The van der Waals surface area contributed by atoms with Crippen LogP contribution in [0.4, 0.5) is 5.82 Å². The van der Waals surface area contributed by atoms with Crippen LogP contribution in [-0.4, -0.2) is 16.5 Å². The zero-order chi connectivity index (χ0) is 14.4. The predicted molar refractivity (Wildman–Crippen MR) is 82.4 cm³/mol. The van der Waals surface area contributed by atoms with Gasteiger partial charge in [0.25, 0.3) is 0 Å². The smallest absolute Gasteiger partial charge is 0.128 e. The Bertz CT molecular complexity index is 519. The minimum Gasteiger partial charge on any atom is -0.383 e. The topological polar surface area (TPSA) is 63.8 Å². The maximum atomic E-state index is 6.08. The number of aryl methyl sites for hydroxylation is 1. The van der Waals surface area contributed by atoms with Crippen molar-refractivity contribution in [2.45, 2.75) is 32.7 Å². The lowest BCUT2D eigenvalue weighted by Crippen LogP contribution is -2.26. The minimum atomic E-state index is 0.186. The Morgan fingerprint density at radius 1 is 1.20 bits per heavy atom. The number of nitrogens with zero attached hydrogens (tertiary/aromatic N) is 2. The number of aromatic nitrogens is 2. The molecule has 0 aliphatic rings. The van der Waals surface area contributed by atoms with Crippen LogP contribution in [-0.2, 0) is 6.42 Å². The zero-order valence-electron chi connectivity index (χ0n) is 12.1. The molecule has 0 fully saturated rings. The highest BCUT2D eigenvalue weighted by Crippen LogP contribution is 2.25. The second kappa shape index (κ2) is 7.01. The fourth-order valence-electron chi connectivity index (χ4n) is 2.39. The van der Waals surface area contributed by atoms with Crippen LogP contribution >= 0.6 is 0 Å². The number of hydrogen-bond acceptors (Lipinski definition) is 4. The fraction of sp³-hybridized carbons (Fsp3) is 0.375. The van der Waals surface area contributed by atoms with Gasteiger partial charge < -0.3 is 11.1 Å². The first kappa shape index (κ1) is 14.5. The van der Waals surface area contributed by atoms with E-state index in [4.69, 9.17) is 5.73 Å². The largest absolute Gasteiger partial charge is 0.383 e. The molecule has 0 saturated heterocycles. The molecule has 106 valence electrons. The van der Waals surface area contributed by atoms with Gasteiger partial charge >= 0.3 is 0 Å². The van der Waals surface area contributed by atoms with Crippen LogP contribution in [0, 0.1) is 6.92 Å². The highest BCUT2D eigenvalue weighted by molar-refractivity contribution is 5.46. The first-order valence-electron chi connectivity index (χ1n) is 7.05. The lowest BCUT2D eigenvalue weighted by Gasteiger charge is -2.22. The van der Waals surface area contributed by atoms with Crippen LogP contribution in [0.1, 0.15) is 36.1 Å². The van der Waals surface area contributed by atoms with Crippen molar-refractivity contribution in [1.29, 1.82) is 0 Å². The summed E-state index contributed by atoms with van der Waals surface area (Å²) in [7, 11) is 0. The van der Waals surface area contributed by atoms with Gasteiger partial charge in [0.2, 0.25) is 0 Å². The molecular formula is C16H22N4. The maximum absolute atomic E-state index is 6.08. The standard InChI is InChI=1S/C16H22N4/c1-3-7-19-14(11-13-5-8-18-9-6-13)15-12(2)4-10-20-16(15)17/h4-6,8-10,14,19H,3,7,11H2,1-2H3,(H2,17,20). The van der Waals surface area contributed by atoms with Crippen molar-refractivity contribution in [2.24, 2.45) is 0 Å². The summed E-state index contributed by atoms with van der Waals surface area (Å²) in [6.07, 6.45) is 7.39. The van der Waals surface area contributed by atoms with E-state index in [0.29, 0.717) is 5.82 Å². The molecule has 2 aromatic rings.